The van der Waals surface area contributed by atoms with Crippen molar-refractivity contribution in [3.63, 3.8) is 0 Å². The van der Waals surface area contributed by atoms with Crippen molar-refractivity contribution in [1.29, 1.82) is 0 Å². The number of aromatic nitrogens is 2. The quantitative estimate of drug-likeness (QED) is 0.373. The summed E-state index contributed by atoms with van der Waals surface area (Å²) in [5.74, 6) is 3.06. The normalized spacial score (nSPS) is 10.5. The van der Waals surface area contributed by atoms with Gasteiger partial charge in [-0.25, -0.2) is 9.97 Å². The lowest BCUT2D eigenvalue weighted by atomic mass is 9.97. The first-order valence-corrected chi connectivity index (χ1v) is 10.3. The van der Waals surface area contributed by atoms with Crippen LogP contribution in [0.4, 0.5) is 11.6 Å². The van der Waals surface area contributed by atoms with Crippen LogP contribution < -0.4 is 24.3 Å². The van der Waals surface area contributed by atoms with Gasteiger partial charge >= 0.3 is 0 Å². The summed E-state index contributed by atoms with van der Waals surface area (Å²) in [6.07, 6.45) is 3.55. The Morgan fingerprint density at radius 3 is 2.15 bits per heavy atom. The summed E-state index contributed by atoms with van der Waals surface area (Å²) in [6, 6.07) is 15.4. The van der Waals surface area contributed by atoms with Crippen molar-refractivity contribution in [2.24, 2.45) is 0 Å². The summed E-state index contributed by atoms with van der Waals surface area (Å²) >= 11 is 0. The van der Waals surface area contributed by atoms with Crippen LogP contribution in [0.25, 0.3) is 28.1 Å². The lowest BCUT2D eigenvalue weighted by molar-refractivity contribution is 0.356. The number of benzene rings is 3. The molecule has 0 radical (unpaired) electrons. The Morgan fingerprint density at radius 1 is 0.818 bits per heavy atom. The zero-order chi connectivity index (χ0) is 23.4. The van der Waals surface area contributed by atoms with Gasteiger partial charge in [0.25, 0.3) is 0 Å². The molecule has 4 aromatic rings. The third kappa shape index (κ3) is 4.25. The smallest absolute Gasteiger partial charge is 0.227 e. The fourth-order valence-electron chi connectivity index (χ4n) is 3.68. The maximum absolute atomic E-state index is 5.64. The second kappa shape index (κ2) is 9.48. The second-order valence-corrected chi connectivity index (χ2v) is 7.13. The van der Waals surface area contributed by atoms with Crippen molar-refractivity contribution in [2.75, 3.05) is 33.8 Å². The van der Waals surface area contributed by atoms with Crippen LogP contribution in [0.2, 0.25) is 0 Å². The van der Waals surface area contributed by atoms with Crippen LogP contribution >= 0.6 is 0 Å². The highest BCUT2D eigenvalue weighted by Crippen LogP contribution is 2.41. The van der Waals surface area contributed by atoms with Crippen LogP contribution in [0.3, 0.4) is 0 Å². The summed E-state index contributed by atoms with van der Waals surface area (Å²) in [7, 11) is 6.45. The standard InChI is InChI=1S/C26H25N3O4/c1-6-16-9-12-21(30-2)25(33-5)24(16)17-7-10-19(11-8-17)28-26-27-15-18-13-22(31-3)23(32-4)14-20(18)29-26/h6-15H,1H2,2-5H3,(H,27,28,29). The van der Waals surface area contributed by atoms with E-state index in [-0.39, 0.29) is 0 Å². The van der Waals surface area contributed by atoms with E-state index >= 15 is 0 Å². The molecule has 1 heterocycles. The van der Waals surface area contributed by atoms with Crippen LogP contribution in [0.5, 0.6) is 23.0 Å². The number of ether oxygens (including phenoxy) is 4. The second-order valence-electron chi connectivity index (χ2n) is 7.13. The van der Waals surface area contributed by atoms with Crippen molar-refractivity contribution in [3.8, 4) is 34.1 Å². The molecule has 0 bridgehead atoms. The largest absolute Gasteiger partial charge is 0.493 e. The number of fused-ring (bicyclic) bond motifs is 1. The number of nitrogens with one attached hydrogen (secondary N) is 1. The molecule has 0 aliphatic carbocycles. The Balaban J connectivity index is 1.65. The third-order valence-corrected chi connectivity index (χ3v) is 5.31. The summed E-state index contributed by atoms with van der Waals surface area (Å²) in [5.41, 5.74) is 4.44. The van der Waals surface area contributed by atoms with E-state index in [0.29, 0.717) is 28.9 Å². The van der Waals surface area contributed by atoms with Crippen LogP contribution in [-0.2, 0) is 0 Å². The molecule has 3 aromatic carbocycles. The minimum absolute atomic E-state index is 0.480. The van der Waals surface area contributed by atoms with Crippen LogP contribution in [0, 0.1) is 0 Å². The molecule has 168 valence electrons. The fourth-order valence-corrected chi connectivity index (χ4v) is 3.68. The molecule has 0 aliphatic rings. The molecule has 0 saturated carbocycles. The molecule has 7 nitrogen and oxygen atoms in total. The number of nitrogens with zero attached hydrogens (tertiary/aromatic N) is 2. The highest BCUT2D eigenvalue weighted by Gasteiger charge is 2.15. The van der Waals surface area contributed by atoms with E-state index in [0.717, 1.165) is 33.3 Å². The number of rotatable bonds is 8. The molecule has 0 saturated heterocycles. The van der Waals surface area contributed by atoms with Gasteiger partial charge in [0.1, 0.15) is 0 Å². The highest BCUT2D eigenvalue weighted by molar-refractivity contribution is 5.84. The van der Waals surface area contributed by atoms with E-state index < -0.39 is 0 Å². The minimum atomic E-state index is 0.480. The number of hydrogen-bond donors (Lipinski definition) is 1. The third-order valence-electron chi connectivity index (χ3n) is 5.31. The first-order valence-electron chi connectivity index (χ1n) is 10.3. The van der Waals surface area contributed by atoms with Gasteiger partial charge in [-0.3, -0.25) is 0 Å². The van der Waals surface area contributed by atoms with Gasteiger partial charge in [-0.15, -0.1) is 0 Å². The Labute approximate surface area is 192 Å². The number of hydrogen-bond acceptors (Lipinski definition) is 7. The van der Waals surface area contributed by atoms with Crippen molar-refractivity contribution in [1.82, 2.24) is 9.97 Å². The lowest BCUT2D eigenvalue weighted by Gasteiger charge is -2.16. The zero-order valence-electron chi connectivity index (χ0n) is 19.0. The summed E-state index contributed by atoms with van der Waals surface area (Å²) < 4.78 is 21.8. The van der Waals surface area contributed by atoms with Crippen LogP contribution in [0.1, 0.15) is 5.56 Å². The van der Waals surface area contributed by atoms with Crippen molar-refractivity contribution in [3.05, 3.63) is 66.9 Å². The average Bonchev–Trinajstić information content (AvgIpc) is 2.87. The van der Waals surface area contributed by atoms with Gasteiger partial charge in [-0.2, -0.15) is 0 Å². The summed E-state index contributed by atoms with van der Waals surface area (Å²) in [5, 5.41) is 4.11. The van der Waals surface area contributed by atoms with E-state index in [4.69, 9.17) is 18.9 Å². The van der Waals surface area contributed by atoms with Gasteiger partial charge in [-0.05, 0) is 35.4 Å². The van der Waals surface area contributed by atoms with Crippen LogP contribution in [0.15, 0.2) is 61.3 Å². The van der Waals surface area contributed by atoms with Crippen molar-refractivity contribution >= 4 is 28.6 Å². The van der Waals surface area contributed by atoms with Crippen molar-refractivity contribution < 1.29 is 18.9 Å². The van der Waals surface area contributed by atoms with Crippen LogP contribution in [-0.4, -0.2) is 38.4 Å². The zero-order valence-corrected chi connectivity index (χ0v) is 19.0. The maximum Gasteiger partial charge on any atom is 0.227 e. The molecule has 4 rings (SSSR count). The van der Waals surface area contributed by atoms with Gasteiger partial charge in [0, 0.05) is 28.9 Å². The first kappa shape index (κ1) is 22.0. The first-order chi connectivity index (χ1) is 16.1. The number of methoxy groups -OCH3 is 4. The molecule has 7 heteroatoms. The number of anilines is 2. The molecular formula is C26H25N3O4. The predicted octanol–water partition coefficient (Wildman–Crippen LogP) is 5.72. The molecule has 0 fully saturated rings. The maximum atomic E-state index is 5.64. The average molecular weight is 444 g/mol. The Bertz CT molecular complexity index is 1300. The van der Waals surface area contributed by atoms with Gasteiger partial charge in [0.15, 0.2) is 23.0 Å². The minimum Gasteiger partial charge on any atom is -0.493 e. The molecule has 0 spiro atoms. The molecule has 0 amide bonds. The van der Waals surface area contributed by atoms with E-state index in [1.54, 1.807) is 40.7 Å². The molecule has 1 aromatic heterocycles. The lowest BCUT2D eigenvalue weighted by Crippen LogP contribution is -1.99. The SMILES string of the molecule is C=Cc1ccc(OC)c(OC)c1-c1ccc(Nc2ncc3cc(OC)c(OC)cc3n2)cc1. The topological polar surface area (TPSA) is 74.7 Å². The Kier molecular flexibility index (Phi) is 6.31. The molecule has 1 N–H and O–H groups in total. The summed E-state index contributed by atoms with van der Waals surface area (Å²) in [6.45, 7) is 3.93. The predicted molar refractivity (Wildman–Crippen MR) is 131 cm³/mol. The van der Waals surface area contributed by atoms with E-state index in [1.165, 1.54) is 0 Å². The highest BCUT2D eigenvalue weighted by atomic mass is 16.5. The van der Waals surface area contributed by atoms with Gasteiger partial charge < -0.3 is 24.3 Å². The van der Waals surface area contributed by atoms with Gasteiger partial charge in [-0.1, -0.05) is 30.9 Å². The molecule has 0 aliphatic heterocycles. The molecule has 0 unspecified atom stereocenters. The monoisotopic (exact) mass is 443 g/mol. The van der Waals surface area contributed by atoms with Crippen molar-refractivity contribution in [2.45, 2.75) is 0 Å². The molecule has 0 atom stereocenters. The van der Waals surface area contributed by atoms with E-state index in [9.17, 15) is 0 Å². The molecular weight excluding hydrogens is 418 g/mol. The molecule has 33 heavy (non-hydrogen) atoms. The van der Waals surface area contributed by atoms with Gasteiger partial charge in [0.05, 0.1) is 34.0 Å². The van der Waals surface area contributed by atoms with E-state index in [2.05, 4.69) is 21.9 Å². The summed E-state index contributed by atoms with van der Waals surface area (Å²) in [4.78, 5) is 9.03. The van der Waals surface area contributed by atoms with E-state index in [1.807, 2.05) is 48.5 Å². The van der Waals surface area contributed by atoms with Gasteiger partial charge in [0.2, 0.25) is 5.95 Å². The Morgan fingerprint density at radius 2 is 1.52 bits per heavy atom. The Hall–Kier alpha value is -4.26. The fraction of sp³-hybridized carbons (Fsp3) is 0.154.